The van der Waals surface area contributed by atoms with E-state index in [1.807, 2.05) is 104 Å². The summed E-state index contributed by atoms with van der Waals surface area (Å²) in [5.41, 5.74) is 5.93. The molecular weight excluding hydrogens is 542 g/mol. The Hall–Kier alpha value is -5.27. The van der Waals surface area contributed by atoms with Gasteiger partial charge in [-0.25, -0.2) is 0 Å². The van der Waals surface area contributed by atoms with Crippen molar-refractivity contribution in [2.24, 2.45) is 0 Å². The zero-order valence-electron chi connectivity index (χ0n) is 22.9. The Balaban J connectivity index is 1.54. The number of hydrogen-bond donors (Lipinski definition) is 1. The van der Waals surface area contributed by atoms with Crippen LogP contribution in [0.2, 0.25) is 0 Å². The third-order valence-corrected chi connectivity index (χ3v) is 7.25. The number of thiocarbonyl (C=S) groups is 1. The first-order valence-electron chi connectivity index (χ1n) is 13.6. The number of nitrogens with one attached hydrogen (secondary N) is 1. The molecule has 1 aliphatic heterocycles. The fraction of sp³-hybridized carbons (Fsp3) is 0.0571. The Morgan fingerprint density at radius 1 is 0.762 bits per heavy atom. The number of hydrogen-bond acceptors (Lipinski definition) is 4. The number of rotatable bonds is 7. The monoisotopic (exact) mass is 569 g/mol. The standard InChI is InChI=1S/C35H27N3O3S/c1-2-41-29-20-18-28(19-21-29)38-34(40)30(33(39)36-35(38)42)22-26-23-31(24-12-6-3-7-13-24)37(27-16-10-5-11-17-27)32(26)25-14-8-4-9-15-25/h3-23H,2H2,1H3,(H,36,39,42). The summed E-state index contributed by atoms with van der Waals surface area (Å²) >= 11 is 5.43. The second kappa shape index (κ2) is 11.7. The fourth-order valence-electron chi connectivity index (χ4n) is 5.10. The van der Waals surface area contributed by atoms with Crippen LogP contribution in [-0.2, 0) is 9.59 Å². The third kappa shape index (κ3) is 5.13. The number of aromatic nitrogens is 1. The lowest BCUT2D eigenvalue weighted by Gasteiger charge is -2.29. The van der Waals surface area contributed by atoms with E-state index in [9.17, 15) is 9.59 Å². The zero-order chi connectivity index (χ0) is 29.1. The first-order valence-corrected chi connectivity index (χ1v) is 14.0. The van der Waals surface area contributed by atoms with E-state index in [2.05, 4.69) is 9.88 Å². The summed E-state index contributed by atoms with van der Waals surface area (Å²) in [5, 5.41) is 2.73. The molecule has 206 valence electrons. The second-order valence-electron chi connectivity index (χ2n) is 9.62. The molecule has 1 fully saturated rings. The molecule has 42 heavy (non-hydrogen) atoms. The number of para-hydroxylation sites is 1. The average Bonchev–Trinajstić information content (AvgIpc) is 3.41. The Morgan fingerprint density at radius 2 is 1.36 bits per heavy atom. The average molecular weight is 570 g/mol. The molecule has 1 saturated heterocycles. The predicted octanol–water partition coefficient (Wildman–Crippen LogP) is 7.04. The quantitative estimate of drug-likeness (QED) is 0.130. The van der Waals surface area contributed by atoms with Crippen molar-refractivity contribution < 1.29 is 14.3 Å². The molecule has 1 N–H and O–H groups in total. The summed E-state index contributed by atoms with van der Waals surface area (Å²) in [6, 6.07) is 39.1. The van der Waals surface area contributed by atoms with Crippen LogP contribution >= 0.6 is 12.2 Å². The summed E-state index contributed by atoms with van der Waals surface area (Å²) < 4.78 is 7.70. The maximum atomic E-state index is 13.9. The summed E-state index contributed by atoms with van der Waals surface area (Å²) in [5.74, 6) is -0.361. The molecule has 4 aromatic carbocycles. The van der Waals surface area contributed by atoms with E-state index < -0.39 is 11.8 Å². The topological polar surface area (TPSA) is 63.6 Å². The summed E-state index contributed by atoms with van der Waals surface area (Å²) in [4.78, 5) is 28.5. The number of ether oxygens (including phenoxy) is 1. The van der Waals surface area contributed by atoms with Crippen molar-refractivity contribution in [3.8, 4) is 34.0 Å². The van der Waals surface area contributed by atoms with E-state index in [1.165, 1.54) is 4.90 Å². The van der Waals surface area contributed by atoms with Crippen LogP contribution in [0.3, 0.4) is 0 Å². The smallest absolute Gasteiger partial charge is 0.270 e. The molecule has 5 aromatic rings. The van der Waals surface area contributed by atoms with Crippen molar-refractivity contribution in [1.82, 2.24) is 9.88 Å². The molecule has 6 nitrogen and oxygen atoms in total. The lowest BCUT2D eigenvalue weighted by molar-refractivity contribution is -0.122. The highest BCUT2D eigenvalue weighted by Crippen LogP contribution is 2.37. The van der Waals surface area contributed by atoms with Gasteiger partial charge in [0, 0.05) is 11.3 Å². The van der Waals surface area contributed by atoms with Gasteiger partial charge in [0.05, 0.1) is 23.7 Å². The van der Waals surface area contributed by atoms with Crippen molar-refractivity contribution in [2.75, 3.05) is 11.5 Å². The number of benzene rings is 4. The van der Waals surface area contributed by atoms with E-state index in [-0.39, 0.29) is 10.7 Å². The number of anilines is 1. The van der Waals surface area contributed by atoms with Crippen LogP contribution in [0.1, 0.15) is 12.5 Å². The van der Waals surface area contributed by atoms with Gasteiger partial charge in [0.25, 0.3) is 11.8 Å². The molecule has 0 saturated carbocycles. The van der Waals surface area contributed by atoms with E-state index in [4.69, 9.17) is 17.0 Å². The summed E-state index contributed by atoms with van der Waals surface area (Å²) in [6.45, 7) is 2.43. The van der Waals surface area contributed by atoms with Gasteiger partial charge in [0.1, 0.15) is 11.3 Å². The molecule has 2 heterocycles. The highest BCUT2D eigenvalue weighted by atomic mass is 32.1. The minimum atomic E-state index is -0.542. The van der Waals surface area contributed by atoms with Crippen LogP contribution in [0.4, 0.5) is 5.69 Å². The molecule has 0 unspecified atom stereocenters. The SMILES string of the molecule is CCOc1ccc(N2C(=O)C(=Cc3cc(-c4ccccc4)n(-c4ccccc4)c3-c3ccccc3)C(=O)NC2=S)cc1. The molecule has 0 bridgehead atoms. The van der Waals surface area contributed by atoms with E-state index >= 15 is 0 Å². The van der Waals surface area contributed by atoms with Crippen LogP contribution in [0.5, 0.6) is 5.75 Å². The van der Waals surface area contributed by atoms with Crippen LogP contribution < -0.4 is 15.0 Å². The lowest BCUT2D eigenvalue weighted by atomic mass is 10.0. The molecular formula is C35H27N3O3S. The van der Waals surface area contributed by atoms with Crippen molar-refractivity contribution >= 4 is 40.9 Å². The van der Waals surface area contributed by atoms with Gasteiger partial charge in [-0.15, -0.1) is 0 Å². The zero-order valence-corrected chi connectivity index (χ0v) is 23.7. The third-order valence-electron chi connectivity index (χ3n) is 6.97. The number of nitrogens with zero attached hydrogens (tertiary/aromatic N) is 2. The highest BCUT2D eigenvalue weighted by Gasteiger charge is 2.35. The van der Waals surface area contributed by atoms with Gasteiger partial charge >= 0.3 is 0 Å². The summed E-state index contributed by atoms with van der Waals surface area (Å²) in [6.07, 6.45) is 1.66. The van der Waals surface area contributed by atoms with Gasteiger partial charge in [0.2, 0.25) is 0 Å². The van der Waals surface area contributed by atoms with Gasteiger partial charge in [-0.05, 0) is 78.8 Å². The minimum Gasteiger partial charge on any atom is -0.494 e. The molecule has 6 rings (SSSR count). The molecule has 0 radical (unpaired) electrons. The van der Waals surface area contributed by atoms with Gasteiger partial charge in [-0.3, -0.25) is 19.8 Å². The molecule has 1 aliphatic rings. The first kappa shape index (κ1) is 26.9. The molecule has 7 heteroatoms. The van der Waals surface area contributed by atoms with Crippen molar-refractivity contribution in [2.45, 2.75) is 6.92 Å². The van der Waals surface area contributed by atoms with Gasteiger partial charge < -0.3 is 9.30 Å². The maximum Gasteiger partial charge on any atom is 0.270 e. The minimum absolute atomic E-state index is 0.0144. The van der Waals surface area contributed by atoms with Crippen molar-refractivity contribution in [1.29, 1.82) is 0 Å². The molecule has 1 aromatic heterocycles. The van der Waals surface area contributed by atoms with Gasteiger partial charge in [0.15, 0.2) is 5.11 Å². The Kier molecular flexibility index (Phi) is 7.49. The summed E-state index contributed by atoms with van der Waals surface area (Å²) in [7, 11) is 0. The van der Waals surface area contributed by atoms with Crippen molar-refractivity contribution in [3.05, 3.63) is 132 Å². The molecule has 2 amide bonds. The Labute approximate surface area is 249 Å². The van der Waals surface area contributed by atoms with Gasteiger partial charge in [-0.2, -0.15) is 0 Å². The largest absolute Gasteiger partial charge is 0.494 e. The number of carbonyl (C=O) groups is 2. The van der Waals surface area contributed by atoms with Crippen molar-refractivity contribution in [3.63, 3.8) is 0 Å². The molecule has 0 atom stereocenters. The predicted molar refractivity (Wildman–Crippen MR) is 170 cm³/mol. The first-order chi connectivity index (χ1) is 20.5. The van der Waals surface area contributed by atoms with Gasteiger partial charge in [-0.1, -0.05) is 78.9 Å². The normalized spacial score (nSPS) is 14.3. The van der Waals surface area contributed by atoms with Crippen LogP contribution in [0.15, 0.2) is 127 Å². The number of amides is 2. The molecule has 0 aliphatic carbocycles. The van der Waals surface area contributed by atoms with Crippen LogP contribution in [-0.4, -0.2) is 28.1 Å². The second-order valence-corrected chi connectivity index (χ2v) is 10.0. The number of carbonyl (C=O) groups excluding carboxylic acids is 2. The Bertz CT molecular complexity index is 1800. The van der Waals surface area contributed by atoms with Crippen LogP contribution in [0, 0.1) is 0 Å². The van der Waals surface area contributed by atoms with Crippen LogP contribution in [0.25, 0.3) is 34.3 Å². The van der Waals surface area contributed by atoms with E-state index in [0.29, 0.717) is 18.0 Å². The fourth-order valence-corrected chi connectivity index (χ4v) is 5.38. The maximum absolute atomic E-state index is 13.9. The highest BCUT2D eigenvalue weighted by molar-refractivity contribution is 7.80. The Morgan fingerprint density at radius 3 is 1.98 bits per heavy atom. The van der Waals surface area contributed by atoms with E-state index in [1.54, 1.807) is 30.3 Å². The molecule has 0 spiro atoms. The lowest BCUT2D eigenvalue weighted by Crippen LogP contribution is -2.54. The van der Waals surface area contributed by atoms with E-state index in [0.717, 1.165) is 33.8 Å².